The summed E-state index contributed by atoms with van der Waals surface area (Å²) < 4.78 is 10.8. The highest BCUT2D eigenvalue weighted by Crippen LogP contribution is 2.18. The van der Waals surface area contributed by atoms with Gasteiger partial charge in [0.15, 0.2) is 0 Å². The van der Waals surface area contributed by atoms with Crippen LogP contribution in [-0.4, -0.2) is 19.3 Å². The maximum atomic E-state index is 8.69. The standard InChI is InChI=1S/C12H16N2O2/c1-9(2)15-5-6-16-11-4-3-10(8-13)12(14)7-11/h3-4,7,9H,5-6,14H2,1-2H3. The Morgan fingerprint density at radius 2 is 2.12 bits per heavy atom. The molecule has 0 spiro atoms. The lowest BCUT2D eigenvalue weighted by atomic mass is 10.2. The Hall–Kier alpha value is -1.73. The van der Waals surface area contributed by atoms with Gasteiger partial charge in [-0.15, -0.1) is 0 Å². The molecule has 0 saturated carbocycles. The molecule has 4 heteroatoms. The maximum Gasteiger partial charge on any atom is 0.121 e. The number of benzene rings is 1. The lowest BCUT2D eigenvalue weighted by molar-refractivity contribution is 0.0553. The second kappa shape index (κ2) is 5.99. The molecule has 4 nitrogen and oxygen atoms in total. The molecule has 0 aliphatic heterocycles. The van der Waals surface area contributed by atoms with Gasteiger partial charge in [0, 0.05) is 6.07 Å². The summed E-state index contributed by atoms with van der Waals surface area (Å²) in [6.45, 7) is 4.96. The number of nitrogens with two attached hydrogens (primary N) is 1. The molecule has 0 unspecified atom stereocenters. The number of rotatable bonds is 5. The second-order valence-corrected chi connectivity index (χ2v) is 3.63. The van der Waals surface area contributed by atoms with E-state index in [1.54, 1.807) is 18.2 Å². The third-order valence-corrected chi connectivity index (χ3v) is 1.95. The molecule has 1 aromatic rings. The SMILES string of the molecule is CC(C)OCCOc1ccc(C#N)c(N)c1. The second-order valence-electron chi connectivity index (χ2n) is 3.63. The molecule has 0 bridgehead atoms. The average molecular weight is 220 g/mol. The summed E-state index contributed by atoms with van der Waals surface area (Å²) >= 11 is 0. The van der Waals surface area contributed by atoms with Crippen LogP contribution in [0.5, 0.6) is 5.75 Å². The van der Waals surface area contributed by atoms with Gasteiger partial charge >= 0.3 is 0 Å². The monoisotopic (exact) mass is 220 g/mol. The van der Waals surface area contributed by atoms with Crippen LogP contribution in [0.1, 0.15) is 19.4 Å². The van der Waals surface area contributed by atoms with E-state index in [0.717, 1.165) is 0 Å². The fourth-order valence-corrected chi connectivity index (χ4v) is 1.18. The van der Waals surface area contributed by atoms with Gasteiger partial charge in [0.25, 0.3) is 0 Å². The number of ether oxygens (including phenoxy) is 2. The molecule has 0 amide bonds. The normalized spacial score (nSPS) is 10.1. The Morgan fingerprint density at radius 1 is 1.38 bits per heavy atom. The van der Waals surface area contributed by atoms with Crippen molar-refractivity contribution in [3.05, 3.63) is 23.8 Å². The topological polar surface area (TPSA) is 68.3 Å². The third-order valence-electron chi connectivity index (χ3n) is 1.95. The molecule has 0 aromatic heterocycles. The molecule has 16 heavy (non-hydrogen) atoms. The van der Waals surface area contributed by atoms with Crippen LogP contribution in [-0.2, 0) is 4.74 Å². The molecule has 1 aromatic carbocycles. The molecule has 1 rings (SSSR count). The predicted molar refractivity (Wildman–Crippen MR) is 62.2 cm³/mol. The first kappa shape index (κ1) is 12.3. The number of anilines is 1. The first-order valence-corrected chi connectivity index (χ1v) is 5.17. The van der Waals surface area contributed by atoms with Crippen molar-refractivity contribution in [1.82, 2.24) is 0 Å². The van der Waals surface area contributed by atoms with E-state index in [1.807, 2.05) is 19.9 Å². The average Bonchev–Trinajstić information content (AvgIpc) is 2.24. The van der Waals surface area contributed by atoms with Crippen LogP contribution in [0.25, 0.3) is 0 Å². The van der Waals surface area contributed by atoms with E-state index in [1.165, 1.54) is 0 Å². The Labute approximate surface area is 95.6 Å². The van der Waals surface area contributed by atoms with E-state index in [4.69, 9.17) is 20.5 Å². The van der Waals surface area contributed by atoms with Crippen LogP contribution < -0.4 is 10.5 Å². The summed E-state index contributed by atoms with van der Waals surface area (Å²) in [6, 6.07) is 7.02. The van der Waals surface area contributed by atoms with Crippen molar-refractivity contribution < 1.29 is 9.47 Å². The van der Waals surface area contributed by atoms with Gasteiger partial charge in [0.2, 0.25) is 0 Å². The lowest BCUT2D eigenvalue weighted by Crippen LogP contribution is -2.11. The minimum absolute atomic E-state index is 0.203. The highest BCUT2D eigenvalue weighted by Gasteiger charge is 2.00. The molecule has 0 aliphatic rings. The van der Waals surface area contributed by atoms with Gasteiger partial charge in [-0.2, -0.15) is 5.26 Å². The fourth-order valence-electron chi connectivity index (χ4n) is 1.18. The van der Waals surface area contributed by atoms with E-state index in [-0.39, 0.29) is 6.10 Å². The largest absolute Gasteiger partial charge is 0.491 e. The van der Waals surface area contributed by atoms with Gasteiger partial charge in [0.05, 0.1) is 24.0 Å². The Balaban J connectivity index is 2.44. The minimum Gasteiger partial charge on any atom is -0.491 e. The van der Waals surface area contributed by atoms with Crippen LogP contribution in [0.4, 0.5) is 5.69 Å². The summed E-state index contributed by atoms with van der Waals surface area (Å²) in [5.74, 6) is 0.656. The summed E-state index contributed by atoms with van der Waals surface area (Å²) in [5, 5.41) is 8.69. The zero-order chi connectivity index (χ0) is 12.0. The Bertz CT molecular complexity index is 383. The van der Waals surface area contributed by atoms with E-state index in [0.29, 0.717) is 30.2 Å². The quantitative estimate of drug-likeness (QED) is 0.608. The number of nitrogen functional groups attached to an aromatic ring is 1. The smallest absolute Gasteiger partial charge is 0.121 e. The first-order chi connectivity index (χ1) is 7.63. The molecule has 0 radical (unpaired) electrons. The number of hydrogen-bond acceptors (Lipinski definition) is 4. The highest BCUT2D eigenvalue weighted by molar-refractivity contribution is 5.56. The zero-order valence-electron chi connectivity index (χ0n) is 9.56. The van der Waals surface area contributed by atoms with E-state index >= 15 is 0 Å². The third kappa shape index (κ3) is 3.79. The summed E-state index contributed by atoms with van der Waals surface area (Å²) in [4.78, 5) is 0. The van der Waals surface area contributed by atoms with Crippen LogP contribution in [0.2, 0.25) is 0 Å². The molecule has 0 heterocycles. The Morgan fingerprint density at radius 3 is 2.69 bits per heavy atom. The van der Waals surface area contributed by atoms with Crippen LogP contribution in [0.15, 0.2) is 18.2 Å². The molecule has 2 N–H and O–H groups in total. The van der Waals surface area contributed by atoms with E-state index in [9.17, 15) is 0 Å². The van der Waals surface area contributed by atoms with E-state index in [2.05, 4.69) is 0 Å². The first-order valence-electron chi connectivity index (χ1n) is 5.17. The number of nitriles is 1. The molecular formula is C12H16N2O2. The summed E-state index contributed by atoms with van der Waals surface area (Å²) in [5.41, 5.74) is 6.55. The fraction of sp³-hybridized carbons (Fsp3) is 0.417. The van der Waals surface area contributed by atoms with Crippen LogP contribution in [0, 0.1) is 11.3 Å². The predicted octanol–water partition coefficient (Wildman–Crippen LogP) is 1.94. The number of hydrogen-bond donors (Lipinski definition) is 1. The van der Waals surface area contributed by atoms with Crippen molar-refractivity contribution in [2.75, 3.05) is 18.9 Å². The van der Waals surface area contributed by atoms with Crippen molar-refractivity contribution in [2.24, 2.45) is 0 Å². The van der Waals surface area contributed by atoms with Crippen LogP contribution >= 0.6 is 0 Å². The van der Waals surface area contributed by atoms with Gasteiger partial charge in [-0.1, -0.05) is 0 Å². The summed E-state index contributed by atoms with van der Waals surface area (Å²) in [7, 11) is 0. The Kier molecular flexibility index (Phi) is 4.62. The molecule has 0 fully saturated rings. The van der Waals surface area contributed by atoms with Crippen molar-refractivity contribution in [1.29, 1.82) is 5.26 Å². The van der Waals surface area contributed by atoms with Crippen molar-refractivity contribution in [3.8, 4) is 11.8 Å². The molecule has 0 saturated heterocycles. The summed E-state index contributed by atoms with van der Waals surface area (Å²) in [6.07, 6.45) is 0.203. The molecule has 0 aliphatic carbocycles. The van der Waals surface area contributed by atoms with Gasteiger partial charge in [-0.3, -0.25) is 0 Å². The van der Waals surface area contributed by atoms with Gasteiger partial charge in [-0.05, 0) is 26.0 Å². The zero-order valence-corrected chi connectivity index (χ0v) is 9.56. The number of nitrogens with zero attached hydrogens (tertiary/aromatic N) is 1. The highest BCUT2D eigenvalue weighted by atomic mass is 16.5. The van der Waals surface area contributed by atoms with Gasteiger partial charge in [-0.25, -0.2) is 0 Å². The van der Waals surface area contributed by atoms with Crippen LogP contribution in [0.3, 0.4) is 0 Å². The molecular weight excluding hydrogens is 204 g/mol. The van der Waals surface area contributed by atoms with E-state index < -0.39 is 0 Å². The maximum absolute atomic E-state index is 8.69. The minimum atomic E-state index is 0.203. The van der Waals surface area contributed by atoms with Gasteiger partial charge in [0.1, 0.15) is 18.4 Å². The molecule has 86 valence electrons. The van der Waals surface area contributed by atoms with Gasteiger partial charge < -0.3 is 15.2 Å². The van der Waals surface area contributed by atoms with Crippen molar-refractivity contribution >= 4 is 5.69 Å². The lowest BCUT2D eigenvalue weighted by Gasteiger charge is -2.09. The van der Waals surface area contributed by atoms with Crippen molar-refractivity contribution in [3.63, 3.8) is 0 Å². The molecule has 0 atom stereocenters. The van der Waals surface area contributed by atoms with Crippen molar-refractivity contribution in [2.45, 2.75) is 20.0 Å².